The molecule has 114 valence electrons. The largest absolute Gasteiger partial charge is 0.458 e. The number of aliphatic hydroxyl groups is 1. The Kier molecular flexibility index (Phi) is 6.00. The molecular formula is C18H24O3. The molecule has 1 aromatic carbocycles. The maximum absolute atomic E-state index is 11.6. The highest BCUT2D eigenvalue weighted by Gasteiger charge is 2.26. The molecule has 1 fully saturated rings. The molecule has 0 spiro atoms. The second kappa shape index (κ2) is 7.99. The fourth-order valence-corrected chi connectivity index (χ4v) is 2.74. The first-order chi connectivity index (χ1) is 10.2. The van der Waals surface area contributed by atoms with Gasteiger partial charge in [0.15, 0.2) is 0 Å². The third-order valence-corrected chi connectivity index (χ3v) is 4.01. The highest BCUT2D eigenvalue weighted by molar-refractivity contribution is 5.81. The van der Waals surface area contributed by atoms with Gasteiger partial charge in [0.05, 0.1) is 5.60 Å². The van der Waals surface area contributed by atoms with Crippen molar-refractivity contribution in [3.05, 3.63) is 48.0 Å². The molecule has 1 aromatic rings. The number of ether oxygens (including phenoxy) is 1. The van der Waals surface area contributed by atoms with Gasteiger partial charge >= 0.3 is 5.97 Å². The summed E-state index contributed by atoms with van der Waals surface area (Å²) in [6.45, 7) is 0.286. The van der Waals surface area contributed by atoms with E-state index in [1.807, 2.05) is 30.3 Å². The minimum atomic E-state index is -0.632. The van der Waals surface area contributed by atoms with Crippen LogP contribution in [0.2, 0.25) is 0 Å². The Balaban J connectivity index is 1.74. The van der Waals surface area contributed by atoms with Gasteiger partial charge in [-0.3, -0.25) is 0 Å². The van der Waals surface area contributed by atoms with Gasteiger partial charge in [0, 0.05) is 6.08 Å². The van der Waals surface area contributed by atoms with Crippen LogP contribution in [0.15, 0.2) is 42.5 Å². The Morgan fingerprint density at radius 1 is 1.14 bits per heavy atom. The molecule has 2 rings (SSSR count). The molecule has 0 aliphatic heterocycles. The summed E-state index contributed by atoms with van der Waals surface area (Å²) < 4.78 is 5.17. The van der Waals surface area contributed by atoms with E-state index in [0.717, 1.165) is 31.2 Å². The van der Waals surface area contributed by atoms with Crippen LogP contribution in [0.25, 0.3) is 0 Å². The third kappa shape index (κ3) is 5.72. The second-order valence-corrected chi connectivity index (χ2v) is 5.84. The SMILES string of the molecule is O=C(/C=C/CC1(O)CCCCCC1)OCc1ccccc1. The lowest BCUT2D eigenvalue weighted by Gasteiger charge is -2.24. The first-order valence-electron chi connectivity index (χ1n) is 7.78. The minimum Gasteiger partial charge on any atom is -0.458 e. The summed E-state index contributed by atoms with van der Waals surface area (Å²) in [5, 5.41) is 10.5. The van der Waals surface area contributed by atoms with Crippen molar-refractivity contribution in [1.82, 2.24) is 0 Å². The monoisotopic (exact) mass is 288 g/mol. The summed E-state index contributed by atoms with van der Waals surface area (Å²) in [5.74, 6) is -0.351. The second-order valence-electron chi connectivity index (χ2n) is 5.84. The normalized spacial score (nSPS) is 18.3. The molecule has 0 atom stereocenters. The Morgan fingerprint density at radius 2 is 1.81 bits per heavy atom. The molecule has 0 aromatic heterocycles. The summed E-state index contributed by atoms with van der Waals surface area (Å²) in [6.07, 6.45) is 9.92. The first-order valence-corrected chi connectivity index (χ1v) is 7.78. The number of benzene rings is 1. The molecule has 3 nitrogen and oxygen atoms in total. The summed E-state index contributed by atoms with van der Waals surface area (Å²) in [6, 6.07) is 9.61. The number of esters is 1. The van der Waals surface area contributed by atoms with Gasteiger partial charge in [-0.05, 0) is 24.8 Å². The molecule has 0 amide bonds. The number of rotatable bonds is 5. The molecule has 0 unspecified atom stereocenters. The van der Waals surface area contributed by atoms with Crippen LogP contribution in [-0.4, -0.2) is 16.7 Å². The van der Waals surface area contributed by atoms with Crippen LogP contribution in [0, 0.1) is 0 Å². The lowest BCUT2D eigenvalue weighted by atomic mass is 9.91. The first kappa shape index (κ1) is 15.8. The predicted molar refractivity (Wildman–Crippen MR) is 82.6 cm³/mol. The van der Waals surface area contributed by atoms with Crippen LogP contribution in [0.1, 0.15) is 50.5 Å². The van der Waals surface area contributed by atoms with Crippen LogP contribution in [0.5, 0.6) is 0 Å². The number of carbonyl (C=O) groups is 1. The molecule has 1 aliphatic rings. The van der Waals surface area contributed by atoms with Crippen molar-refractivity contribution in [1.29, 1.82) is 0 Å². The van der Waals surface area contributed by atoms with Crippen LogP contribution < -0.4 is 0 Å². The van der Waals surface area contributed by atoms with Crippen molar-refractivity contribution < 1.29 is 14.6 Å². The molecule has 1 N–H and O–H groups in total. The lowest BCUT2D eigenvalue weighted by Crippen LogP contribution is -2.26. The van der Waals surface area contributed by atoms with Gasteiger partial charge in [-0.2, -0.15) is 0 Å². The Hall–Kier alpha value is -1.61. The van der Waals surface area contributed by atoms with Crippen molar-refractivity contribution in [3.63, 3.8) is 0 Å². The van der Waals surface area contributed by atoms with Crippen LogP contribution in [-0.2, 0) is 16.1 Å². The van der Waals surface area contributed by atoms with E-state index in [1.165, 1.54) is 18.9 Å². The average Bonchev–Trinajstić information content (AvgIpc) is 2.71. The molecule has 0 radical (unpaired) electrons. The van der Waals surface area contributed by atoms with E-state index in [4.69, 9.17) is 4.74 Å². The van der Waals surface area contributed by atoms with Crippen molar-refractivity contribution >= 4 is 5.97 Å². The molecular weight excluding hydrogens is 264 g/mol. The Labute approximate surface area is 126 Å². The number of carbonyl (C=O) groups excluding carboxylic acids is 1. The van der Waals surface area contributed by atoms with Crippen LogP contribution in [0.4, 0.5) is 0 Å². The van der Waals surface area contributed by atoms with Gasteiger partial charge in [0.25, 0.3) is 0 Å². The summed E-state index contributed by atoms with van der Waals surface area (Å²) in [5.41, 5.74) is 0.342. The summed E-state index contributed by atoms with van der Waals surface area (Å²) in [7, 11) is 0. The van der Waals surface area contributed by atoms with Gasteiger partial charge in [0.1, 0.15) is 6.61 Å². The van der Waals surface area contributed by atoms with Crippen molar-refractivity contribution in [2.24, 2.45) is 0 Å². The maximum Gasteiger partial charge on any atom is 0.330 e. The maximum atomic E-state index is 11.6. The van der Waals surface area contributed by atoms with Crippen molar-refractivity contribution in [2.75, 3.05) is 0 Å². The highest BCUT2D eigenvalue weighted by atomic mass is 16.5. The zero-order chi connectivity index (χ0) is 15.0. The fraction of sp³-hybridized carbons (Fsp3) is 0.500. The molecule has 3 heteroatoms. The molecule has 21 heavy (non-hydrogen) atoms. The smallest absolute Gasteiger partial charge is 0.330 e. The lowest BCUT2D eigenvalue weighted by molar-refractivity contribution is -0.139. The van der Waals surface area contributed by atoms with Gasteiger partial charge in [-0.15, -0.1) is 0 Å². The third-order valence-electron chi connectivity index (χ3n) is 4.01. The van der Waals surface area contributed by atoms with Crippen LogP contribution >= 0.6 is 0 Å². The molecule has 1 saturated carbocycles. The fourth-order valence-electron chi connectivity index (χ4n) is 2.74. The average molecular weight is 288 g/mol. The van der Waals surface area contributed by atoms with Crippen molar-refractivity contribution in [3.8, 4) is 0 Å². The number of hydrogen-bond acceptors (Lipinski definition) is 3. The van der Waals surface area contributed by atoms with Gasteiger partial charge in [-0.1, -0.05) is 62.1 Å². The molecule has 0 bridgehead atoms. The van der Waals surface area contributed by atoms with E-state index in [-0.39, 0.29) is 12.6 Å². The molecule has 1 aliphatic carbocycles. The predicted octanol–water partition coefficient (Wildman–Crippen LogP) is 3.76. The summed E-state index contributed by atoms with van der Waals surface area (Å²) >= 11 is 0. The van der Waals surface area contributed by atoms with E-state index in [9.17, 15) is 9.90 Å². The van der Waals surface area contributed by atoms with E-state index < -0.39 is 5.60 Å². The van der Waals surface area contributed by atoms with Crippen molar-refractivity contribution in [2.45, 2.75) is 57.2 Å². The topological polar surface area (TPSA) is 46.5 Å². The van der Waals surface area contributed by atoms with E-state index in [2.05, 4.69) is 0 Å². The zero-order valence-corrected chi connectivity index (χ0v) is 12.5. The molecule has 0 heterocycles. The van der Waals surface area contributed by atoms with E-state index >= 15 is 0 Å². The van der Waals surface area contributed by atoms with E-state index in [1.54, 1.807) is 6.08 Å². The van der Waals surface area contributed by atoms with E-state index in [0.29, 0.717) is 6.42 Å². The highest BCUT2D eigenvalue weighted by Crippen LogP contribution is 2.29. The van der Waals surface area contributed by atoms with Gasteiger partial charge < -0.3 is 9.84 Å². The quantitative estimate of drug-likeness (QED) is 0.510. The number of hydrogen-bond donors (Lipinski definition) is 1. The van der Waals surface area contributed by atoms with Gasteiger partial charge in [-0.25, -0.2) is 4.79 Å². The standard InChI is InChI=1S/C18H24O3/c19-17(21-15-16-9-4-3-5-10-16)11-8-14-18(20)12-6-1-2-7-13-18/h3-5,8-11,20H,1-2,6-7,12-15H2/b11-8+. The minimum absolute atomic E-state index is 0.286. The molecule has 0 saturated heterocycles. The Bertz CT molecular complexity index is 457. The van der Waals surface area contributed by atoms with Crippen LogP contribution in [0.3, 0.4) is 0 Å². The summed E-state index contributed by atoms with van der Waals surface area (Å²) in [4.78, 5) is 11.6. The Morgan fingerprint density at radius 3 is 2.48 bits per heavy atom. The van der Waals surface area contributed by atoms with Gasteiger partial charge in [0.2, 0.25) is 0 Å². The zero-order valence-electron chi connectivity index (χ0n) is 12.5.